The smallest absolute Gasteiger partial charge is 0.0433 e. The number of rotatable bonds is 4. The highest BCUT2D eigenvalue weighted by Gasteiger charge is 2.30. The molecular weight excluding hydrogens is 172 g/mol. The fraction of sp³-hybridized carbons (Fsp3) is 1.00. The van der Waals surface area contributed by atoms with Crippen molar-refractivity contribution in [2.75, 3.05) is 6.61 Å². The third kappa shape index (κ3) is 2.98. The second-order valence-corrected chi connectivity index (χ2v) is 5.26. The molecule has 0 bridgehead atoms. The van der Waals surface area contributed by atoms with Gasteiger partial charge in [-0.25, -0.2) is 0 Å². The monoisotopic (exact) mass is 198 g/mol. The lowest BCUT2D eigenvalue weighted by Crippen LogP contribution is -2.27. The summed E-state index contributed by atoms with van der Waals surface area (Å²) in [5.74, 6) is 3.42. The van der Waals surface area contributed by atoms with Gasteiger partial charge in [-0.05, 0) is 49.4 Å². The van der Waals surface area contributed by atoms with Gasteiger partial charge in [-0.2, -0.15) is 0 Å². The van der Waals surface area contributed by atoms with Crippen molar-refractivity contribution < 1.29 is 5.11 Å². The summed E-state index contributed by atoms with van der Waals surface area (Å²) in [5.41, 5.74) is 0. The van der Waals surface area contributed by atoms with E-state index >= 15 is 0 Å². The van der Waals surface area contributed by atoms with Gasteiger partial charge in [0.1, 0.15) is 0 Å². The zero-order valence-electron chi connectivity index (χ0n) is 10.00. The minimum absolute atomic E-state index is 0.381. The molecule has 0 aliphatic heterocycles. The lowest BCUT2D eigenvalue weighted by atomic mass is 9.69. The molecule has 1 aliphatic carbocycles. The molecule has 1 saturated carbocycles. The van der Waals surface area contributed by atoms with Crippen molar-refractivity contribution in [3.63, 3.8) is 0 Å². The molecule has 1 aliphatic rings. The average Bonchev–Trinajstić information content (AvgIpc) is 2.18. The summed E-state index contributed by atoms with van der Waals surface area (Å²) in [5, 5.41) is 9.06. The van der Waals surface area contributed by atoms with E-state index in [4.69, 9.17) is 5.11 Å². The first-order valence-corrected chi connectivity index (χ1v) is 6.29. The fourth-order valence-corrected chi connectivity index (χ4v) is 3.03. The van der Waals surface area contributed by atoms with E-state index < -0.39 is 0 Å². The van der Waals surface area contributed by atoms with Crippen LogP contribution in [-0.4, -0.2) is 11.7 Å². The number of aliphatic hydroxyl groups is 1. The van der Waals surface area contributed by atoms with E-state index in [1.54, 1.807) is 0 Å². The van der Waals surface area contributed by atoms with Crippen LogP contribution in [0, 0.1) is 23.7 Å². The Bertz CT molecular complexity index is 153. The average molecular weight is 198 g/mol. The lowest BCUT2D eigenvalue weighted by Gasteiger charge is -2.37. The molecule has 14 heavy (non-hydrogen) atoms. The Labute approximate surface area is 88.9 Å². The molecule has 1 N–H and O–H groups in total. The Kier molecular flexibility index (Phi) is 4.94. The van der Waals surface area contributed by atoms with Gasteiger partial charge in [-0.15, -0.1) is 0 Å². The summed E-state index contributed by atoms with van der Waals surface area (Å²) in [6, 6.07) is 0. The lowest BCUT2D eigenvalue weighted by molar-refractivity contribution is 0.116. The molecular formula is C13H26O. The number of hydrogen-bond donors (Lipinski definition) is 1. The van der Waals surface area contributed by atoms with Crippen LogP contribution in [0.4, 0.5) is 0 Å². The maximum atomic E-state index is 9.06. The molecule has 0 amide bonds. The molecule has 1 nitrogen and oxygen atoms in total. The van der Waals surface area contributed by atoms with Crippen molar-refractivity contribution in [3.05, 3.63) is 0 Å². The van der Waals surface area contributed by atoms with Crippen LogP contribution in [0.5, 0.6) is 0 Å². The van der Waals surface area contributed by atoms with Gasteiger partial charge < -0.3 is 5.11 Å². The highest BCUT2D eigenvalue weighted by Crippen LogP contribution is 2.40. The Morgan fingerprint density at radius 2 is 1.93 bits per heavy atom. The highest BCUT2D eigenvalue weighted by molar-refractivity contribution is 4.80. The standard InChI is InChI=1S/C13H26O/c1-4-11-5-6-12(10(2)3)9-13(11)7-8-14/h10-14H,4-9H2,1-3H3. The van der Waals surface area contributed by atoms with Crippen molar-refractivity contribution in [1.29, 1.82) is 0 Å². The molecule has 84 valence electrons. The normalized spacial score (nSPS) is 33.6. The zero-order valence-corrected chi connectivity index (χ0v) is 10.00. The predicted molar refractivity (Wildman–Crippen MR) is 61.2 cm³/mol. The molecule has 0 saturated heterocycles. The topological polar surface area (TPSA) is 20.2 Å². The van der Waals surface area contributed by atoms with Crippen LogP contribution in [0.15, 0.2) is 0 Å². The van der Waals surface area contributed by atoms with Crippen LogP contribution in [0.1, 0.15) is 52.9 Å². The first kappa shape index (κ1) is 12.0. The third-order valence-electron chi connectivity index (χ3n) is 4.15. The number of aliphatic hydroxyl groups excluding tert-OH is 1. The molecule has 1 rings (SSSR count). The molecule has 0 radical (unpaired) electrons. The van der Waals surface area contributed by atoms with E-state index in [1.165, 1.54) is 25.7 Å². The molecule has 0 aromatic rings. The van der Waals surface area contributed by atoms with E-state index in [0.717, 1.165) is 30.1 Å². The van der Waals surface area contributed by atoms with Gasteiger partial charge in [-0.1, -0.05) is 27.2 Å². The molecule has 3 atom stereocenters. The minimum Gasteiger partial charge on any atom is -0.396 e. The molecule has 0 spiro atoms. The third-order valence-corrected chi connectivity index (χ3v) is 4.15. The fourth-order valence-electron chi connectivity index (χ4n) is 3.03. The van der Waals surface area contributed by atoms with Gasteiger partial charge in [0, 0.05) is 6.61 Å². The molecule has 1 fully saturated rings. The first-order chi connectivity index (χ1) is 6.69. The van der Waals surface area contributed by atoms with Gasteiger partial charge in [0.2, 0.25) is 0 Å². The summed E-state index contributed by atoms with van der Waals surface area (Å²) in [4.78, 5) is 0. The maximum absolute atomic E-state index is 9.06. The Balaban J connectivity index is 2.48. The van der Waals surface area contributed by atoms with Gasteiger partial charge in [-0.3, -0.25) is 0 Å². The predicted octanol–water partition coefficient (Wildman–Crippen LogP) is 3.47. The molecule has 0 heterocycles. The van der Waals surface area contributed by atoms with E-state index in [9.17, 15) is 0 Å². The van der Waals surface area contributed by atoms with Crippen LogP contribution >= 0.6 is 0 Å². The van der Waals surface area contributed by atoms with E-state index in [2.05, 4.69) is 20.8 Å². The molecule has 3 unspecified atom stereocenters. The van der Waals surface area contributed by atoms with Crippen molar-refractivity contribution in [1.82, 2.24) is 0 Å². The van der Waals surface area contributed by atoms with Crippen LogP contribution in [0.25, 0.3) is 0 Å². The van der Waals surface area contributed by atoms with Crippen molar-refractivity contribution in [2.45, 2.75) is 52.9 Å². The van der Waals surface area contributed by atoms with Crippen molar-refractivity contribution in [3.8, 4) is 0 Å². The first-order valence-electron chi connectivity index (χ1n) is 6.29. The second kappa shape index (κ2) is 5.75. The van der Waals surface area contributed by atoms with Crippen LogP contribution < -0.4 is 0 Å². The summed E-state index contributed by atoms with van der Waals surface area (Å²) in [7, 11) is 0. The Morgan fingerprint density at radius 3 is 2.43 bits per heavy atom. The number of hydrogen-bond acceptors (Lipinski definition) is 1. The van der Waals surface area contributed by atoms with E-state index in [-0.39, 0.29) is 0 Å². The summed E-state index contributed by atoms with van der Waals surface area (Å²) in [6.07, 6.45) is 6.50. The van der Waals surface area contributed by atoms with Crippen molar-refractivity contribution >= 4 is 0 Å². The molecule has 0 aromatic heterocycles. The Morgan fingerprint density at radius 1 is 1.21 bits per heavy atom. The molecule has 0 aromatic carbocycles. The van der Waals surface area contributed by atoms with Gasteiger partial charge in [0.15, 0.2) is 0 Å². The van der Waals surface area contributed by atoms with Gasteiger partial charge in [0.25, 0.3) is 0 Å². The van der Waals surface area contributed by atoms with Crippen LogP contribution in [-0.2, 0) is 0 Å². The summed E-state index contributed by atoms with van der Waals surface area (Å²) < 4.78 is 0. The minimum atomic E-state index is 0.381. The van der Waals surface area contributed by atoms with Gasteiger partial charge >= 0.3 is 0 Å². The maximum Gasteiger partial charge on any atom is 0.0433 e. The quantitative estimate of drug-likeness (QED) is 0.733. The van der Waals surface area contributed by atoms with E-state index in [1.807, 2.05) is 0 Å². The van der Waals surface area contributed by atoms with E-state index in [0.29, 0.717) is 6.61 Å². The SMILES string of the molecule is CCC1CCC(C(C)C)CC1CCO. The highest BCUT2D eigenvalue weighted by atomic mass is 16.3. The van der Waals surface area contributed by atoms with Crippen LogP contribution in [0.3, 0.4) is 0 Å². The van der Waals surface area contributed by atoms with Crippen LogP contribution in [0.2, 0.25) is 0 Å². The van der Waals surface area contributed by atoms with Gasteiger partial charge in [0.05, 0.1) is 0 Å². The largest absolute Gasteiger partial charge is 0.396 e. The Hall–Kier alpha value is -0.0400. The molecule has 1 heteroatoms. The second-order valence-electron chi connectivity index (χ2n) is 5.26. The summed E-state index contributed by atoms with van der Waals surface area (Å²) >= 11 is 0. The van der Waals surface area contributed by atoms with Crippen molar-refractivity contribution in [2.24, 2.45) is 23.7 Å². The zero-order chi connectivity index (χ0) is 10.6. The summed E-state index contributed by atoms with van der Waals surface area (Å²) in [6.45, 7) is 7.36.